The Kier molecular flexibility index (Phi) is 4.88. The fourth-order valence-electron chi connectivity index (χ4n) is 2.44. The number of nitrogens with zero attached hydrogens (tertiary/aromatic N) is 2. The standard InChI is InChI=1S/C18H24FN3O/c1-12-15(16(19)22(5)21-12)17(23)20-14-9-7-6-8-13(14)10-11-18(2,3)4/h6-9H,10-11H2,1-5H3,(H,20,23). The predicted octanol–water partition coefficient (Wildman–Crippen LogP) is 4.10. The number of para-hydroxylation sites is 1. The third-order valence-electron chi connectivity index (χ3n) is 3.79. The van der Waals surface area contributed by atoms with Gasteiger partial charge in [0.05, 0.1) is 5.69 Å². The molecular formula is C18H24FN3O. The summed E-state index contributed by atoms with van der Waals surface area (Å²) in [4.78, 5) is 12.4. The van der Waals surface area contributed by atoms with Gasteiger partial charge in [0.15, 0.2) is 0 Å². The molecule has 2 aromatic rings. The first-order chi connectivity index (χ1) is 10.7. The Morgan fingerprint density at radius 1 is 1.30 bits per heavy atom. The quantitative estimate of drug-likeness (QED) is 0.923. The van der Waals surface area contributed by atoms with E-state index in [4.69, 9.17) is 0 Å². The van der Waals surface area contributed by atoms with E-state index in [-0.39, 0.29) is 11.0 Å². The summed E-state index contributed by atoms with van der Waals surface area (Å²) in [7, 11) is 1.48. The summed E-state index contributed by atoms with van der Waals surface area (Å²) >= 11 is 0. The minimum Gasteiger partial charge on any atom is -0.322 e. The van der Waals surface area contributed by atoms with Crippen molar-refractivity contribution < 1.29 is 9.18 Å². The second kappa shape index (κ2) is 6.52. The summed E-state index contributed by atoms with van der Waals surface area (Å²) in [6.07, 6.45) is 1.86. The topological polar surface area (TPSA) is 46.9 Å². The van der Waals surface area contributed by atoms with Crippen LogP contribution in [-0.2, 0) is 13.5 Å². The summed E-state index contributed by atoms with van der Waals surface area (Å²) < 4.78 is 15.1. The Morgan fingerprint density at radius 2 is 1.96 bits per heavy atom. The van der Waals surface area contributed by atoms with Gasteiger partial charge in [0, 0.05) is 12.7 Å². The van der Waals surface area contributed by atoms with Crippen molar-refractivity contribution in [3.8, 4) is 0 Å². The zero-order valence-corrected chi connectivity index (χ0v) is 14.4. The first-order valence-electron chi connectivity index (χ1n) is 7.77. The van der Waals surface area contributed by atoms with Gasteiger partial charge in [0.25, 0.3) is 5.91 Å². The van der Waals surface area contributed by atoms with Crippen LogP contribution in [0, 0.1) is 18.3 Å². The second-order valence-electron chi connectivity index (χ2n) is 7.05. The highest BCUT2D eigenvalue weighted by Crippen LogP contribution is 2.25. The lowest BCUT2D eigenvalue weighted by Gasteiger charge is -2.19. The van der Waals surface area contributed by atoms with Gasteiger partial charge in [0.1, 0.15) is 5.56 Å². The van der Waals surface area contributed by atoms with Crippen molar-refractivity contribution >= 4 is 11.6 Å². The van der Waals surface area contributed by atoms with E-state index in [0.717, 1.165) is 28.8 Å². The molecule has 0 saturated heterocycles. The van der Waals surface area contributed by atoms with Gasteiger partial charge in [-0.05, 0) is 36.8 Å². The average molecular weight is 317 g/mol. The van der Waals surface area contributed by atoms with Crippen molar-refractivity contribution in [2.75, 3.05) is 5.32 Å². The molecule has 124 valence electrons. The molecular weight excluding hydrogens is 293 g/mol. The molecule has 1 aromatic carbocycles. The summed E-state index contributed by atoms with van der Waals surface area (Å²) in [6.45, 7) is 8.18. The van der Waals surface area contributed by atoms with Gasteiger partial charge in [-0.2, -0.15) is 9.49 Å². The van der Waals surface area contributed by atoms with Gasteiger partial charge in [0.2, 0.25) is 5.95 Å². The van der Waals surface area contributed by atoms with Crippen LogP contribution in [0.15, 0.2) is 24.3 Å². The number of benzene rings is 1. The first kappa shape index (κ1) is 17.2. The largest absolute Gasteiger partial charge is 0.322 e. The zero-order valence-electron chi connectivity index (χ0n) is 14.4. The molecule has 0 aliphatic rings. The Labute approximate surface area is 136 Å². The predicted molar refractivity (Wildman–Crippen MR) is 90.1 cm³/mol. The normalized spacial score (nSPS) is 11.6. The van der Waals surface area contributed by atoms with E-state index in [0.29, 0.717) is 5.69 Å². The number of rotatable bonds is 4. The van der Waals surface area contributed by atoms with Gasteiger partial charge in [-0.1, -0.05) is 39.0 Å². The van der Waals surface area contributed by atoms with E-state index in [1.54, 1.807) is 6.92 Å². The number of amides is 1. The van der Waals surface area contributed by atoms with E-state index in [1.165, 1.54) is 7.05 Å². The number of halogens is 1. The van der Waals surface area contributed by atoms with Crippen LogP contribution in [0.2, 0.25) is 0 Å². The molecule has 0 bridgehead atoms. The summed E-state index contributed by atoms with van der Waals surface area (Å²) in [5.41, 5.74) is 2.37. The van der Waals surface area contributed by atoms with Crippen LogP contribution in [0.25, 0.3) is 0 Å². The minimum atomic E-state index is -0.618. The molecule has 5 heteroatoms. The molecule has 0 radical (unpaired) electrons. The molecule has 0 aliphatic carbocycles. The van der Waals surface area contributed by atoms with Crippen molar-refractivity contribution in [2.24, 2.45) is 12.5 Å². The van der Waals surface area contributed by atoms with Crippen molar-refractivity contribution in [1.29, 1.82) is 0 Å². The van der Waals surface area contributed by atoms with Crippen molar-refractivity contribution in [3.63, 3.8) is 0 Å². The van der Waals surface area contributed by atoms with Gasteiger partial charge in [-0.15, -0.1) is 0 Å². The highest BCUT2D eigenvalue weighted by molar-refractivity contribution is 6.05. The van der Waals surface area contributed by atoms with Gasteiger partial charge >= 0.3 is 0 Å². The van der Waals surface area contributed by atoms with E-state index >= 15 is 0 Å². The number of aryl methyl sites for hydroxylation is 3. The molecule has 1 aromatic heterocycles. The van der Waals surface area contributed by atoms with E-state index in [1.807, 2.05) is 24.3 Å². The Balaban J connectivity index is 2.21. The first-order valence-corrected chi connectivity index (χ1v) is 7.77. The van der Waals surface area contributed by atoms with Crippen LogP contribution in [0.3, 0.4) is 0 Å². The molecule has 0 unspecified atom stereocenters. The number of carbonyl (C=O) groups excluding carboxylic acids is 1. The molecule has 1 amide bonds. The summed E-state index contributed by atoms with van der Waals surface area (Å²) in [5.74, 6) is -1.08. The maximum absolute atomic E-state index is 14.0. The van der Waals surface area contributed by atoms with E-state index in [9.17, 15) is 9.18 Å². The van der Waals surface area contributed by atoms with Crippen LogP contribution in [0.1, 0.15) is 48.8 Å². The second-order valence-corrected chi connectivity index (χ2v) is 7.05. The summed E-state index contributed by atoms with van der Waals surface area (Å²) in [5, 5.41) is 6.77. The minimum absolute atomic E-state index is 0.00174. The highest BCUT2D eigenvalue weighted by atomic mass is 19.1. The Morgan fingerprint density at radius 3 is 2.52 bits per heavy atom. The molecule has 0 saturated carbocycles. The molecule has 1 N–H and O–H groups in total. The smallest absolute Gasteiger partial charge is 0.262 e. The number of aromatic nitrogens is 2. The maximum atomic E-state index is 14.0. The number of carbonyl (C=O) groups is 1. The SMILES string of the molecule is Cc1nn(C)c(F)c1C(=O)Nc1ccccc1CCC(C)(C)C. The van der Waals surface area contributed by atoms with Gasteiger partial charge in [-0.3, -0.25) is 4.79 Å². The number of hydrogen-bond donors (Lipinski definition) is 1. The van der Waals surface area contributed by atoms with Crippen molar-refractivity contribution in [3.05, 3.63) is 47.0 Å². The van der Waals surface area contributed by atoms with Crippen molar-refractivity contribution in [2.45, 2.75) is 40.5 Å². The molecule has 0 aliphatic heterocycles. The average Bonchev–Trinajstić information content (AvgIpc) is 2.70. The number of hydrogen-bond acceptors (Lipinski definition) is 2. The summed E-state index contributed by atoms with van der Waals surface area (Å²) in [6, 6.07) is 7.65. The van der Waals surface area contributed by atoms with Crippen LogP contribution < -0.4 is 5.32 Å². The number of nitrogens with one attached hydrogen (secondary N) is 1. The third kappa shape index (κ3) is 4.18. The fraction of sp³-hybridized carbons (Fsp3) is 0.444. The molecule has 1 heterocycles. The fourth-order valence-corrected chi connectivity index (χ4v) is 2.44. The van der Waals surface area contributed by atoms with Crippen LogP contribution in [0.4, 0.5) is 10.1 Å². The molecule has 0 spiro atoms. The molecule has 2 rings (SSSR count). The third-order valence-corrected chi connectivity index (χ3v) is 3.79. The molecule has 23 heavy (non-hydrogen) atoms. The lowest BCUT2D eigenvalue weighted by atomic mass is 9.88. The highest BCUT2D eigenvalue weighted by Gasteiger charge is 2.21. The number of anilines is 1. The Hall–Kier alpha value is -2.17. The lowest BCUT2D eigenvalue weighted by molar-refractivity contribution is 0.102. The Bertz CT molecular complexity index is 714. The van der Waals surface area contributed by atoms with Gasteiger partial charge in [-0.25, -0.2) is 4.68 Å². The van der Waals surface area contributed by atoms with Crippen LogP contribution >= 0.6 is 0 Å². The molecule has 4 nitrogen and oxygen atoms in total. The zero-order chi connectivity index (χ0) is 17.2. The molecule has 0 fully saturated rings. The van der Waals surface area contributed by atoms with E-state index in [2.05, 4.69) is 31.2 Å². The molecule has 0 atom stereocenters. The van der Waals surface area contributed by atoms with E-state index < -0.39 is 11.9 Å². The van der Waals surface area contributed by atoms with Crippen LogP contribution in [0.5, 0.6) is 0 Å². The lowest BCUT2D eigenvalue weighted by Crippen LogP contribution is -2.16. The maximum Gasteiger partial charge on any atom is 0.262 e. The van der Waals surface area contributed by atoms with Crippen LogP contribution in [-0.4, -0.2) is 15.7 Å². The monoisotopic (exact) mass is 317 g/mol. The van der Waals surface area contributed by atoms with Gasteiger partial charge < -0.3 is 5.32 Å². The van der Waals surface area contributed by atoms with Crippen molar-refractivity contribution in [1.82, 2.24) is 9.78 Å².